The molecule has 2 heterocycles. The summed E-state index contributed by atoms with van der Waals surface area (Å²) in [5, 5.41) is 0.539. The summed E-state index contributed by atoms with van der Waals surface area (Å²) < 4.78 is 18.1. The van der Waals surface area contributed by atoms with Crippen molar-refractivity contribution in [2.75, 3.05) is 13.2 Å². The topological polar surface area (TPSA) is 96.2 Å². The standard InChI is InChI=1S/C27H25ClN2O6S/c1-5-34-21-13-17(7-12-20(21)36-16(4)31)14-22-25(32)30-24(18-8-10-19(28)11-9-18)23(26(33)35-6-2)15(3)29-27(30)37-22/h7-14,24H,5-6H2,1-4H3/b22-14-. The molecule has 0 aliphatic carbocycles. The average Bonchev–Trinajstić information content (AvgIpc) is 3.14. The number of rotatable bonds is 7. The Balaban J connectivity index is 1.88. The molecule has 0 saturated carbocycles. The van der Waals surface area contributed by atoms with Crippen LogP contribution in [-0.4, -0.2) is 29.7 Å². The predicted molar refractivity (Wildman–Crippen MR) is 141 cm³/mol. The number of hydrogen-bond donors (Lipinski definition) is 0. The summed E-state index contributed by atoms with van der Waals surface area (Å²) in [6, 6.07) is 11.3. The van der Waals surface area contributed by atoms with E-state index in [2.05, 4.69) is 4.99 Å². The first-order chi connectivity index (χ1) is 17.7. The van der Waals surface area contributed by atoms with E-state index in [-0.39, 0.29) is 12.2 Å². The molecule has 1 atom stereocenters. The van der Waals surface area contributed by atoms with E-state index >= 15 is 0 Å². The fourth-order valence-electron chi connectivity index (χ4n) is 4.03. The molecule has 0 radical (unpaired) electrons. The molecule has 2 aromatic carbocycles. The van der Waals surface area contributed by atoms with Crippen LogP contribution in [0.15, 0.2) is 63.5 Å². The first-order valence-corrected chi connectivity index (χ1v) is 12.8. The van der Waals surface area contributed by atoms with E-state index in [1.807, 2.05) is 6.92 Å². The van der Waals surface area contributed by atoms with Crippen LogP contribution in [-0.2, 0) is 14.3 Å². The zero-order valence-electron chi connectivity index (χ0n) is 20.7. The van der Waals surface area contributed by atoms with Gasteiger partial charge in [-0.05, 0) is 62.2 Å². The highest BCUT2D eigenvalue weighted by Crippen LogP contribution is 2.32. The van der Waals surface area contributed by atoms with E-state index in [0.717, 1.165) is 0 Å². The lowest BCUT2D eigenvalue weighted by molar-refractivity contribution is -0.139. The van der Waals surface area contributed by atoms with Gasteiger partial charge in [-0.25, -0.2) is 9.79 Å². The Morgan fingerprint density at radius 3 is 2.49 bits per heavy atom. The van der Waals surface area contributed by atoms with Gasteiger partial charge in [0.25, 0.3) is 5.56 Å². The molecule has 0 amide bonds. The quantitative estimate of drug-likeness (QED) is 0.334. The van der Waals surface area contributed by atoms with E-state index in [1.54, 1.807) is 62.4 Å². The molecule has 4 rings (SSSR count). The number of nitrogens with zero attached hydrogens (tertiary/aromatic N) is 2. The molecule has 1 unspecified atom stereocenters. The molecule has 0 saturated heterocycles. The van der Waals surface area contributed by atoms with Gasteiger partial charge in [0.1, 0.15) is 0 Å². The molecule has 192 valence electrons. The Hall–Kier alpha value is -3.69. The highest BCUT2D eigenvalue weighted by Gasteiger charge is 2.33. The predicted octanol–water partition coefficient (Wildman–Crippen LogP) is 3.78. The Morgan fingerprint density at radius 2 is 1.84 bits per heavy atom. The molecule has 1 aliphatic rings. The normalized spacial score (nSPS) is 15.2. The van der Waals surface area contributed by atoms with Crippen molar-refractivity contribution in [2.45, 2.75) is 33.7 Å². The van der Waals surface area contributed by atoms with Crippen LogP contribution >= 0.6 is 22.9 Å². The summed E-state index contributed by atoms with van der Waals surface area (Å²) in [5.74, 6) is -0.304. The molecule has 0 bridgehead atoms. The number of halogens is 1. The first kappa shape index (κ1) is 26.4. The Labute approximate surface area is 222 Å². The first-order valence-electron chi connectivity index (χ1n) is 11.6. The van der Waals surface area contributed by atoms with Gasteiger partial charge in [0.05, 0.1) is 35.1 Å². The molecular weight excluding hydrogens is 516 g/mol. The van der Waals surface area contributed by atoms with Crippen LogP contribution in [0.2, 0.25) is 5.02 Å². The van der Waals surface area contributed by atoms with Gasteiger partial charge in [0.2, 0.25) is 0 Å². The van der Waals surface area contributed by atoms with Crippen LogP contribution in [0.3, 0.4) is 0 Å². The maximum Gasteiger partial charge on any atom is 0.338 e. The number of carbonyl (C=O) groups excluding carboxylic acids is 2. The largest absolute Gasteiger partial charge is 0.490 e. The maximum atomic E-state index is 13.7. The van der Waals surface area contributed by atoms with Crippen LogP contribution in [0, 0.1) is 0 Å². The summed E-state index contributed by atoms with van der Waals surface area (Å²) in [7, 11) is 0. The Kier molecular flexibility index (Phi) is 7.94. The number of allylic oxidation sites excluding steroid dienone is 1. The van der Waals surface area contributed by atoms with Gasteiger partial charge in [-0.3, -0.25) is 14.2 Å². The van der Waals surface area contributed by atoms with Crippen molar-refractivity contribution in [3.63, 3.8) is 0 Å². The number of esters is 2. The smallest absolute Gasteiger partial charge is 0.338 e. The van der Waals surface area contributed by atoms with Crippen LogP contribution < -0.4 is 24.4 Å². The maximum absolute atomic E-state index is 13.7. The van der Waals surface area contributed by atoms with Crippen molar-refractivity contribution in [3.05, 3.63) is 89.6 Å². The Bertz CT molecular complexity index is 1570. The van der Waals surface area contributed by atoms with Crippen molar-refractivity contribution in [1.29, 1.82) is 0 Å². The SMILES string of the molecule is CCOC(=O)C1=C(C)N=c2s/c(=C\c3ccc(OC(C)=O)c(OCC)c3)c(=O)n2C1c1ccc(Cl)cc1. The molecular formula is C27H25ClN2O6S. The summed E-state index contributed by atoms with van der Waals surface area (Å²) in [6.07, 6.45) is 1.71. The van der Waals surface area contributed by atoms with Gasteiger partial charge in [0, 0.05) is 11.9 Å². The third kappa shape index (κ3) is 5.52. The summed E-state index contributed by atoms with van der Waals surface area (Å²) in [6.45, 7) is 7.16. The minimum absolute atomic E-state index is 0.193. The molecule has 3 aromatic rings. The van der Waals surface area contributed by atoms with Crippen molar-refractivity contribution < 1.29 is 23.8 Å². The van der Waals surface area contributed by atoms with Crippen LogP contribution in [0.25, 0.3) is 6.08 Å². The number of carbonyl (C=O) groups is 2. The van der Waals surface area contributed by atoms with E-state index in [1.165, 1.54) is 22.8 Å². The molecule has 0 fully saturated rings. The number of fused-ring (bicyclic) bond motifs is 1. The van der Waals surface area contributed by atoms with E-state index < -0.39 is 18.0 Å². The van der Waals surface area contributed by atoms with E-state index in [0.29, 0.717) is 54.9 Å². The molecule has 0 N–H and O–H groups in total. The van der Waals surface area contributed by atoms with E-state index in [4.69, 9.17) is 25.8 Å². The second-order valence-electron chi connectivity index (χ2n) is 8.09. The Morgan fingerprint density at radius 1 is 1.11 bits per heavy atom. The lowest BCUT2D eigenvalue weighted by Gasteiger charge is -2.24. The second kappa shape index (κ2) is 11.1. The van der Waals surface area contributed by atoms with Crippen LogP contribution in [0.1, 0.15) is 44.9 Å². The number of aromatic nitrogens is 1. The monoisotopic (exact) mass is 540 g/mol. The second-order valence-corrected chi connectivity index (χ2v) is 9.53. The highest BCUT2D eigenvalue weighted by atomic mass is 35.5. The van der Waals surface area contributed by atoms with E-state index in [9.17, 15) is 14.4 Å². The van der Waals surface area contributed by atoms with Gasteiger partial charge in [0.15, 0.2) is 16.3 Å². The number of thiazole rings is 1. The van der Waals surface area contributed by atoms with Crippen LogP contribution in [0.5, 0.6) is 11.5 Å². The minimum atomic E-state index is -0.722. The summed E-state index contributed by atoms with van der Waals surface area (Å²) in [4.78, 5) is 43.1. The summed E-state index contributed by atoms with van der Waals surface area (Å²) >= 11 is 7.31. The average molecular weight is 541 g/mol. The third-order valence-electron chi connectivity index (χ3n) is 5.52. The van der Waals surface area contributed by atoms with Crippen molar-refractivity contribution in [3.8, 4) is 11.5 Å². The van der Waals surface area contributed by atoms with Gasteiger partial charge in [-0.2, -0.15) is 0 Å². The van der Waals surface area contributed by atoms with Crippen molar-refractivity contribution in [1.82, 2.24) is 4.57 Å². The zero-order valence-corrected chi connectivity index (χ0v) is 22.3. The molecule has 0 spiro atoms. The molecule has 1 aliphatic heterocycles. The highest BCUT2D eigenvalue weighted by molar-refractivity contribution is 7.07. The third-order valence-corrected chi connectivity index (χ3v) is 6.76. The molecule has 8 nitrogen and oxygen atoms in total. The number of hydrogen-bond acceptors (Lipinski definition) is 8. The van der Waals surface area contributed by atoms with Crippen LogP contribution in [0.4, 0.5) is 0 Å². The lowest BCUT2D eigenvalue weighted by Crippen LogP contribution is -2.39. The zero-order chi connectivity index (χ0) is 26.7. The molecule has 37 heavy (non-hydrogen) atoms. The molecule has 10 heteroatoms. The van der Waals surface area contributed by atoms with Gasteiger partial charge >= 0.3 is 11.9 Å². The van der Waals surface area contributed by atoms with Crippen molar-refractivity contribution in [2.24, 2.45) is 4.99 Å². The fraction of sp³-hybridized carbons (Fsp3) is 0.259. The molecule has 1 aromatic heterocycles. The number of benzene rings is 2. The fourth-order valence-corrected chi connectivity index (χ4v) is 5.20. The summed E-state index contributed by atoms with van der Waals surface area (Å²) in [5.41, 5.74) is 1.86. The van der Waals surface area contributed by atoms with Gasteiger partial charge in [-0.1, -0.05) is 41.1 Å². The minimum Gasteiger partial charge on any atom is -0.490 e. The lowest BCUT2D eigenvalue weighted by atomic mass is 9.96. The van der Waals surface area contributed by atoms with Crippen molar-refractivity contribution >= 4 is 41.0 Å². The number of ether oxygens (including phenoxy) is 3. The van der Waals surface area contributed by atoms with Gasteiger partial charge in [-0.15, -0.1) is 0 Å². The van der Waals surface area contributed by atoms with Gasteiger partial charge < -0.3 is 14.2 Å².